The maximum atomic E-state index is 12.8. The van der Waals surface area contributed by atoms with Crippen LogP contribution in [-0.2, 0) is 14.3 Å². The van der Waals surface area contributed by atoms with E-state index in [4.69, 9.17) is 4.74 Å². The van der Waals surface area contributed by atoms with Crippen LogP contribution in [0.15, 0.2) is 11.6 Å². The Morgan fingerprint density at radius 1 is 1.00 bits per heavy atom. The molecule has 4 aliphatic rings. The SMILES string of the molecule is C/C=C(\C)C(=O)O[C@@H]1CC2C(CC[C@H]3C[C@@H](O)CC[C@]23C)[C@@]2(O)CCC(C(C)=O)[C@@]12C. The Hall–Kier alpha value is -1.20. The fourth-order valence-corrected chi connectivity index (χ4v) is 8.31. The minimum Gasteiger partial charge on any atom is -0.458 e. The number of esters is 1. The van der Waals surface area contributed by atoms with Crippen molar-refractivity contribution in [2.24, 2.45) is 34.5 Å². The van der Waals surface area contributed by atoms with Gasteiger partial charge in [0.15, 0.2) is 0 Å². The van der Waals surface area contributed by atoms with E-state index in [1.807, 2.05) is 13.8 Å². The normalized spacial score (nSPS) is 49.6. The van der Waals surface area contributed by atoms with Crippen molar-refractivity contribution in [1.82, 2.24) is 0 Å². The van der Waals surface area contributed by atoms with Crippen LogP contribution in [-0.4, -0.2) is 39.8 Å². The molecule has 0 radical (unpaired) electrons. The Kier molecular flexibility index (Phi) is 5.70. The zero-order chi connectivity index (χ0) is 22.8. The summed E-state index contributed by atoms with van der Waals surface area (Å²) in [6.45, 7) is 9.52. The number of Topliss-reactive ketones (excluding diaryl/α,β-unsaturated/α-hetero) is 1. The smallest absolute Gasteiger partial charge is 0.333 e. The molecule has 3 unspecified atom stereocenters. The van der Waals surface area contributed by atoms with Gasteiger partial charge < -0.3 is 14.9 Å². The van der Waals surface area contributed by atoms with E-state index in [0.29, 0.717) is 30.8 Å². The molecule has 2 N–H and O–H groups in total. The average Bonchev–Trinajstić information content (AvgIpc) is 3.01. The first-order valence-corrected chi connectivity index (χ1v) is 12.2. The molecule has 0 aliphatic heterocycles. The van der Waals surface area contributed by atoms with Gasteiger partial charge in [-0.2, -0.15) is 0 Å². The summed E-state index contributed by atoms with van der Waals surface area (Å²) in [5.74, 6) is 0.217. The van der Waals surface area contributed by atoms with Crippen molar-refractivity contribution in [1.29, 1.82) is 0 Å². The summed E-state index contributed by atoms with van der Waals surface area (Å²) >= 11 is 0. The number of carbonyl (C=O) groups excluding carboxylic acids is 2. The summed E-state index contributed by atoms with van der Waals surface area (Å²) in [6, 6.07) is 0. The van der Waals surface area contributed by atoms with E-state index >= 15 is 0 Å². The van der Waals surface area contributed by atoms with Gasteiger partial charge in [-0.15, -0.1) is 0 Å². The van der Waals surface area contributed by atoms with Crippen molar-refractivity contribution >= 4 is 11.8 Å². The zero-order valence-corrected chi connectivity index (χ0v) is 19.8. The summed E-state index contributed by atoms with van der Waals surface area (Å²) < 4.78 is 6.13. The van der Waals surface area contributed by atoms with Crippen molar-refractivity contribution in [2.45, 2.75) is 104 Å². The molecule has 5 heteroatoms. The molecule has 9 atom stereocenters. The highest BCUT2D eigenvalue weighted by atomic mass is 16.5. The first-order valence-electron chi connectivity index (χ1n) is 12.2. The van der Waals surface area contributed by atoms with Gasteiger partial charge in [-0.3, -0.25) is 4.79 Å². The largest absolute Gasteiger partial charge is 0.458 e. The standard InChI is InChI=1S/C26H40O5/c1-6-15(2)23(29)31-22-14-21-20(8-7-17-13-18(28)9-11-24(17,21)4)26(30)12-10-19(16(3)27)25(22,26)5/h6,17-22,28,30H,7-14H2,1-5H3/b15-6+/t17-,18-,19?,20?,21?,22+,24-,25-,26-/m0/s1. The van der Waals surface area contributed by atoms with Crippen LogP contribution in [0.3, 0.4) is 0 Å². The molecule has 4 saturated carbocycles. The Balaban J connectivity index is 1.77. The molecule has 174 valence electrons. The fraction of sp³-hybridized carbons (Fsp3) is 0.846. The Labute approximate surface area is 186 Å². The van der Waals surface area contributed by atoms with Gasteiger partial charge in [0.25, 0.3) is 0 Å². The average molecular weight is 433 g/mol. The van der Waals surface area contributed by atoms with Crippen molar-refractivity contribution in [3.63, 3.8) is 0 Å². The van der Waals surface area contributed by atoms with Gasteiger partial charge in [-0.05, 0) is 95.3 Å². The molecule has 0 amide bonds. The maximum Gasteiger partial charge on any atom is 0.333 e. The molecule has 4 rings (SSSR count). The molecule has 0 spiro atoms. The second kappa shape index (κ2) is 7.69. The molecule has 0 aromatic heterocycles. The topological polar surface area (TPSA) is 83.8 Å². The maximum absolute atomic E-state index is 12.8. The highest BCUT2D eigenvalue weighted by Gasteiger charge is 2.72. The number of hydrogen-bond donors (Lipinski definition) is 2. The summed E-state index contributed by atoms with van der Waals surface area (Å²) in [5.41, 5.74) is -1.19. The third-order valence-corrected chi connectivity index (χ3v) is 10.4. The molecule has 4 fully saturated rings. The zero-order valence-electron chi connectivity index (χ0n) is 19.8. The van der Waals surface area contributed by atoms with Crippen molar-refractivity contribution in [2.75, 3.05) is 0 Å². The van der Waals surface area contributed by atoms with Gasteiger partial charge >= 0.3 is 5.97 Å². The molecule has 4 aliphatic carbocycles. The summed E-state index contributed by atoms with van der Waals surface area (Å²) in [6.07, 6.45) is 7.47. The van der Waals surface area contributed by atoms with Crippen LogP contribution in [0.4, 0.5) is 0 Å². The van der Waals surface area contributed by atoms with Gasteiger partial charge in [0.05, 0.1) is 11.7 Å². The van der Waals surface area contributed by atoms with E-state index in [2.05, 4.69) is 6.92 Å². The fourth-order valence-electron chi connectivity index (χ4n) is 8.31. The Morgan fingerprint density at radius 2 is 1.71 bits per heavy atom. The monoisotopic (exact) mass is 432 g/mol. The third kappa shape index (κ3) is 3.17. The van der Waals surface area contributed by atoms with Gasteiger partial charge in [-0.25, -0.2) is 4.79 Å². The molecule has 0 bridgehead atoms. The second-order valence-electron chi connectivity index (χ2n) is 11.4. The lowest BCUT2D eigenvalue weighted by Gasteiger charge is -2.65. The van der Waals surface area contributed by atoms with Gasteiger partial charge in [0.1, 0.15) is 11.9 Å². The molecule has 5 nitrogen and oxygen atoms in total. The summed E-state index contributed by atoms with van der Waals surface area (Å²) in [4.78, 5) is 25.5. The number of aliphatic hydroxyl groups excluding tert-OH is 1. The lowest BCUT2D eigenvalue weighted by Crippen LogP contribution is -2.68. The first-order chi connectivity index (χ1) is 14.5. The molecular weight excluding hydrogens is 392 g/mol. The molecule has 0 saturated heterocycles. The quantitative estimate of drug-likeness (QED) is 0.516. The van der Waals surface area contributed by atoms with E-state index in [1.54, 1.807) is 19.9 Å². The number of aliphatic hydroxyl groups is 2. The van der Waals surface area contributed by atoms with Crippen LogP contribution in [0.25, 0.3) is 0 Å². The van der Waals surface area contributed by atoms with E-state index in [1.165, 1.54) is 0 Å². The van der Waals surface area contributed by atoms with Gasteiger partial charge in [0.2, 0.25) is 0 Å². The van der Waals surface area contributed by atoms with Gasteiger partial charge in [-0.1, -0.05) is 19.9 Å². The van der Waals surface area contributed by atoms with E-state index in [-0.39, 0.29) is 41.0 Å². The van der Waals surface area contributed by atoms with E-state index in [9.17, 15) is 19.8 Å². The predicted octanol–water partition coefficient (Wildman–Crippen LogP) is 4.20. The Bertz CT molecular complexity index is 789. The van der Waals surface area contributed by atoms with Crippen LogP contribution >= 0.6 is 0 Å². The number of ketones is 1. The number of carbonyl (C=O) groups is 2. The second-order valence-corrected chi connectivity index (χ2v) is 11.4. The number of allylic oxidation sites excluding steroid dienone is 1. The van der Waals surface area contributed by atoms with Crippen LogP contribution in [0, 0.1) is 34.5 Å². The molecule has 0 aromatic rings. The van der Waals surface area contributed by atoms with Crippen LogP contribution < -0.4 is 0 Å². The Morgan fingerprint density at radius 3 is 2.35 bits per heavy atom. The molecular formula is C26H40O5. The van der Waals surface area contributed by atoms with Crippen molar-refractivity contribution < 1.29 is 24.5 Å². The van der Waals surface area contributed by atoms with E-state index < -0.39 is 17.1 Å². The third-order valence-electron chi connectivity index (χ3n) is 10.4. The number of ether oxygens (including phenoxy) is 1. The minimum atomic E-state index is -1.01. The van der Waals surface area contributed by atoms with Crippen molar-refractivity contribution in [3.05, 3.63) is 11.6 Å². The lowest BCUT2D eigenvalue weighted by molar-refractivity contribution is -0.251. The molecule has 31 heavy (non-hydrogen) atoms. The van der Waals surface area contributed by atoms with Crippen LogP contribution in [0.1, 0.15) is 86.0 Å². The first kappa shape index (κ1) is 23.0. The highest BCUT2D eigenvalue weighted by molar-refractivity contribution is 5.88. The summed E-state index contributed by atoms with van der Waals surface area (Å²) in [7, 11) is 0. The number of rotatable bonds is 3. The van der Waals surface area contributed by atoms with E-state index in [0.717, 1.165) is 32.1 Å². The minimum absolute atomic E-state index is 0.0216. The number of hydrogen-bond acceptors (Lipinski definition) is 5. The highest BCUT2D eigenvalue weighted by Crippen LogP contribution is 2.69. The lowest BCUT2D eigenvalue weighted by atomic mass is 9.42. The van der Waals surface area contributed by atoms with Crippen molar-refractivity contribution in [3.8, 4) is 0 Å². The summed E-state index contributed by atoms with van der Waals surface area (Å²) in [5, 5.41) is 22.6. The van der Waals surface area contributed by atoms with Gasteiger partial charge in [0, 0.05) is 16.9 Å². The van der Waals surface area contributed by atoms with Crippen LogP contribution in [0.2, 0.25) is 0 Å². The molecule has 0 heterocycles. The molecule has 0 aromatic carbocycles. The van der Waals surface area contributed by atoms with Crippen LogP contribution in [0.5, 0.6) is 0 Å². The predicted molar refractivity (Wildman–Crippen MR) is 118 cm³/mol. The number of fused-ring (bicyclic) bond motifs is 5.